The van der Waals surface area contributed by atoms with Crippen LogP contribution < -0.4 is 4.90 Å². The molecular weight excluding hydrogens is 384 g/mol. The number of halogens is 1. The Labute approximate surface area is 172 Å². The Morgan fingerprint density at radius 3 is 2.66 bits per heavy atom. The van der Waals surface area contributed by atoms with Crippen molar-refractivity contribution in [3.8, 4) is 11.3 Å². The highest BCUT2D eigenvalue weighted by Gasteiger charge is 2.16. The fourth-order valence-electron chi connectivity index (χ4n) is 3.44. The van der Waals surface area contributed by atoms with E-state index in [0.29, 0.717) is 11.1 Å². The van der Waals surface area contributed by atoms with Crippen molar-refractivity contribution >= 4 is 39.8 Å². The molecule has 0 saturated heterocycles. The number of aryl methyl sites for hydroxylation is 1. The molecular formula is C22H17ClN6. The van der Waals surface area contributed by atoms with Gasteiger partial charge in [0, 0.05) is 29.9 Å². The van der Waals surface area contributed by atoms with Gasteiger partial charge in [0.2, 0.25) is 5.28 Å². The number of para-hydroxylation sites is 1. The summed E-state index contributed by atoms with van der Waals surface area (Å²) in [6.45, 7) is 2.03. The molecule has 3 heterocycles. The molecule has 5 aromatic rings. The molecule has 0 spiro atoms. The molecule has 0 aliphatic heterocycles. The second-order valence-electron chi connectivity index (χ2n) is 6.89. The fraction of sp³-hybridized carbons (Fsp3) is 0.0909. The average Bonchev–Trinajstić information content (AvgIpc) is 3.14. The predicted molar refractivity (Wildman–Crippen MR) is 116 cm³/mol. The van der Waals surface area contributed by atoms with Gasteiger partial charge in [-0.15, -0.1) is 10.2 Å². The Balaban J connectivity index is 1.65. The number of anilines is 2. The average molecular weight is 401 g/mol. The minimum atomic E-state index is 0.297. The number of rotatable bonds is 3. The van der Waals surface area contributed by atoms with Gasteiger partial charge in [0.1, 0.15) is 5.82 Å². The molecule has 29 heavy (non-hydrogen) atoms. The Morgan fingerprint density at radius 2 is 1.83 bits per heavy atom. The van der Waals surface area contributed by atoms with E-state index in [0.717, 1.165) is 39.2 Å². The molecule has 2 aromatic carbocycles. The zero-order valence-electron chi connectivity index (χ0n) is 15.9. The van der Waals surface area contributed by atoms with Gasteiger partial charge in [-0.05, 0) is 54.4 Å². The van der Waals surface area contributed by atoms with E-state index in [1.165, 1.54) is 0 Å². The molecule has 0 N–H and O–H groups in total. The van der Waals surface area contributed by atoms with E-state index in [4.69, 9.17) is 16.6 Å². The van der Waals surface area contributed by atoms with E-state index in [1.807, 2.05) is 61.5 Å². The highest BCUT2D eigenvalue weighted by atomic mass is 35.5. The van der Waals surface area contributed by atoms with E-state index >= 15 is 0 Å². The molecule has 5 rings (SSSR count). The van der Waals surface area contributed by atoms with Crippen molar-refractivity contribution in [3.05, 3.63) is 77.7 Å². The van der Waals surface area contributed by atoms with Crippen LogP contribution in [-0.4, -0.2) is 31.6 Å². The van der Waals surface area contributed by atoms with Gasteiger partial charge >= 0.3 is 0 Å². The molecule has 7 heteroatoms. The van der Waals surface area contributed by atoms with Gasteiger partial charge in [0.25, 0.3) is 5.78 Å². The number of hydrogen-bond donors (Lipinski definition) is 0. The summed E-state index contributed by atoms with van der Waals surface area (Å²) in [5.74, 6) is 1.25. The van der Waals surface area contributed by atoms with E-state index in [1.54, 1.807) is 4.40 Å². The molecule has 0 unspecified atom stereocenters. The maximum absolute atomic E-state index is 6.23. The molecule has 0 atom stereocenters. The van der Waals surface area contributed by atoms with Gasteiger partial charge in [-0.25, -0.2) is 4.40 Å². The normalized spacial score (nSPS) is 11.3. The largest absolute Gasteiger partial charge is 0.329 e. The lowest BCUT2D eigenvalue weighted by atomic mass is 10.1. The number of benzene rings is 2. The standard InChI is InChI=1S/C22H17ClN6/c1-14-10-11-18(24-13-14)15-6-5-7-16(12-15)28(2)20-17-8-3-4-9-19(17)29-21(23)26-27-22(29)25-20/h3-13H,1-2H3. The quantitative estimate of drug-likeness (QED) is 0.423. The lowest BCUT2D eigenvalue weighted by Gasteiger charge is -2.21. The predicted octanol–water partition coefficient (Wildman–Crippen LogP) is 5.07. The third kappa shape index (κ3) is 2.98. The zero-order valence-corrected chi connectivity index (χ0v) is 16.7. The third-order valence-electron chi connectivity index (χ3n) is 4.96. The summed E-state index contributed by atoms with van der Waals surface area (Å²) in [5.41, 5.74) is 5.02. The summed E-state index contributed by atoms with van der Waals surface area (Å²) in [6.07, 6.45) is 1.88. The van der Waals surface area contributed by atoms with E-state index in [-0.39, 0.29) is 0 Å². The third-order valence-corrected chi connectivity index (χ3v) is 5.20. The molecule has 0 aliphatic rings. The van der Waals surface area contributed by atoms with Crippen LogP contribution in [0.3, 0.4) is 0 Å². The monoisotopic (exact) mass is 400 g/mol. The summed E-state index contributed by atoms with van der Waals surface area (Å²) >= 11 is 6.23. The van der Waals surface area contributed by atoms with Gasteiger partial charge < -0.3 is 4.90 Å². The van der Waals surface area contributed by atoms with Crippen LogP contribution >= 0.6 is 11.6 Å². The van der Waals surface area contributed by atoms with Crippen LogP contribution in [0.2, 0.25) is 5.28 Å². The van der Waals surface area contributed by atoms with Gasteiger partial charge in [0.15, 0.2) is 0 Å². The first kappa shape index (κ1) is 17.6. The number of pyridine rings is 1. The second kappa shape index (κ2) is 6.83. The molecule has 0 amide bonds. The lowest BCUT2D eigenvalue weighted by Crippen LogP contribution is -2.13. The van der Waals surface area contributed by atoms with Crippen molar-refractivity contribution in [3.63, 3.8) is 0 Å². The first-order valence-corrected chi connectivity index (χ1v) is 9.56. The van der Waals surface area contributed by atoms with Crippen LogP contribution in [0, 0.1) is 6.92 Å². The first-order chi connectivity index (χ1) is 14.1. The van der Waals surface area contributed by atoms with Crippen LogP contribution in [0.25, 0.3) is 27.9 Å². The smallest absolute Gasteiger partial charge is 0.258 e. The number of fused-ring (bicyclic) bond motifs is 3. The van der Waals surface area contributed by atoms with Gasteiger partial charge in [-0.3, -0.25) is 4.98 Å². The maximum Gasteiger partial charge on any atom is 0.258 e. The molecule has 6 nitrogen and oxygen atoms in total. The van der Waals surface area contributed by atoms with Crippen LogP contribution in [0.15, 0.2) is 66.9 Å². The van der Waals surface area contributed by atoms with E-state index in [9.17, 15) is 0 Å². The van der Waals surface area contributed by atoms with Gasteiger partial charge in [-0.2, -0.15) is 4.98 Å². The number of hydrogen-bond acceptors (Lipinski definition) is 5. The molecule has 0 bridgehead atoms. The fourth-order valence-corrected chi connectivity index (χ4v) is 3.64. The lowest BCUT2D eigenvalue weighted by molar-refractivity contribution is 1.08. The summed E-state index contributed by atoms with van der Waals surface area (Å²) in [5, 5.41) is 9.34. The maximum atomic E-state index is 6.23. The zero-order chi connectivity index (χ0) is 20.0. The van der Waals surface area contributed by atoms with Crippen molar-refractivity contribution < 1.29 is 0 Å². The number of nitrogens with zero attached hydrogens (tertiary/aromatic N) is 6. The van der Waals surface area contributed by atoms with E-state index < -0.39 is 0 Å². The summed E-state index contributed by atoms with van der Waals surface area (Å²) in [6, 6.07) is 20.3. The molecule has 0 aliphatic carbocycles. The van der Waals surface area contributed by atoms with Crippen molar-refractivity contribution in [1.82, 2.24) is 24.6 Å². The van der Waals surface area contributed by atoms with Crippen molar-refractivity contribution in [2.24, 2.45) is 0 Å². The Kier molecular flexibility index (Phi) is 4.14. The minimum Gasteiger partial charge on any atom is -0.329 e. The molecule has 0 fully saturated rings. The van der Waals surface area contributed by atoms with Crippen LogP contribution in [-0.2, 0) is 0 Å². The highest BCUT2D eigenvalue weighted by molar-refractivity contribution is 6.29. The summed E-state index contributed by atoms with van der Waals surface area (Å²) in [7, 11) is 1.99. The minimum absolute atomic E-state index is 0.297. The summed E-state index contributed by atoms with van der Waals surface area (Å²) in [4.78, 5) is 11.3. The molecule has 3 aromatic heterocycles. The van der Waals surface area contributed by atoms with Gasteiger partial charge in [-0.1, -0.05) is 30.3 Å². The Hall–Kier alpha value is -3.51. The first-order valence-electron chi connectivity index (χ1n) is 9.18. The number of aromatic nitrogens is 5. The molecule has 0 saturated carbocycles. The molecule has 0 radical (unpaired) electrons. The Bertz CT molecular complexity index is 1340. The Morgan fingerprint density at radius 1 is 0.966 bits per heavy atom. The van der Waals surface area contributed by atoms with Crippen molar-refractivity contribution in [2.45, 2.75) is 6.92 Å². The molecule has 142 valence electrons. The topological polar surface area (TPSA) is 59.2 Å². The van der Waals surface area contributed by atoms with Crippen molar-refractivity contribution in [1.29, 1.82) is 0 Å². The highest BCUT2D eigenvalue weighted by Crippen LogP contribution is 2.32. The summed E-state index contributed by atoms with van der Waals surface area (Å²) < 4.78 is 1.75. The van der Waals surface area contributed by atoms with Crippen LogP contribution in [0.1, 0.15) is 5.56 Å². The van der Waals surface area contributed by atoms with Crippen LogP contribution in [0.5, 0.6) is 0 Å². The second-order valence-corrected chi connectivity index (χ2v) is 7.23. The van der Waals surface area contributed by atoms with Crippen LogP contribution in [0.4, 0.5) is 11.5 Å². The van der Waals surface area contributed by atoms with E-state index in [2.05, 4.69) is 39.4 Å². The SMILES string of the molecule is Cc1ccc(-c2cccc(N(C)c3nc4nnc(Cl)n4c4ccccc34)c2)nc1. The van der Waals surface area contributed by atoms with Gasteiger partial charge in [0.05, 0.1) is 11.2 Å². The van der Waals surface area contributed by atoms with Crippen molar-refractivity contribution in [2.75, 3.05) is 11.9 Å².